The fourth-order valence-electron chi connectivity index (χ4n) is 10.9. The maximum Gasteiger partial charge on any atom is 0.264 e. The van der Waals surface area contributed by atoms with Crippen molar-refractivity contribution in [3.63, 3.8) is 0 Å². The second-order valence-corrected chi connectivity index (χ2v) is 16.5. The molecule has 2 bridgehead atoms. The Balaban J connectivity index is 0.902. The first-order valence-corrected chi connectivity index (χ1v) is 20.4. The number of likely N-dealkylation sites (N-methyl/N-ethyl adjacent to an activating group) is 1. The molecule has 5 aliphatic heterocycles. The van der Waals surface area contributed by atoms with E-state index < -0.39 is 53.8 Å². The highest BCUT2D eigenvalue weighted by Gasteiger charge is 2.55. The molecule has 5 atom stereocenters. The van der Waals surface area contributed by atoms with Crippen LogP contribution in [0, 0.1) is 0 Å². The summed E-state index contributed by atoms with van der Waals surface area (Å²) in [5, 5.41) is 12.5. The van der Waals surface area contributed by atoms with Crippen LogP contribution in [0.3, 0.4) is 0 Å². The normalized spacial score (nSPS) is 24.4. The summed E-state index contributed by atoms with van der Waals surface area (Å²) in [5.41, 5.74) is 5.14. The lowest BCUT2D eigenvalue weighted by Gasteiger charge is -2.50. The van der Waals surface area contributed by atoms with E-state index in [1.54, 1.807) is 30.2 Å². The highest BCUT2D eigenvalue weighted by molar-refractivity contribution is 6.31. The van der Waals surface area contributed by atoms with Crippen molar-refractivity contribution in [3.8, 4) is 0 Å². The van der Waals surface area contributed by atoms with Crippen molar-refractivity contribution < 1.29 is 38.2 Å². The number of rotatable bonds is 8. The van der Waals surface area contributed by atoms with Gasteiger partial charge < -0.3 is 34.1 Å². The van der Waals surface area contributed by atoms with Crippen molar-refractivity contribution in [3.05, 3.63) is 89.0 Å². The number of carbonyl (C=O) groups excluding carboxylic acids is 6. The van der Waals surface area contributed by atoms with Gasteiger partial charge in [0.2, 0.25) is 17.7 Å². The largest absolute Gasteiger partial charge is 0.384 e. The number of imide groups is 2. The first-order valence-electron chi connectivity index (χ1n) is 20.4. The number of piperidine rings is 1. The minimum Gasteiger partial charge on any atom is -0.384 e. The lowest BCUT2D eigenvalue weighted by molar-refractivity contribution is -0.266. The number of methoxy groups -OCH3 is 1. The molecular formula is C45H41N7O8. The lowest BCUT2D eigenvalue weighted by Crippen LogP contribution is -2.61. The van der Waals surface area contributed by atoms with Crippen LogP contribution in [0.15, 0.2) is 66.7 Å². The predicted molar refractivity (Wildman–Crippen MR) is 220 cm³/mol. The summed E-state index contributed by atoms with van der Waals surface area (Å²) < 4.78 is 18.2. The van der Waals surface area contributed by atoms with Crippen LogP contribution in [0.4, 0.5) is 5.69 Å². The van der Waals surface area contributed by atoms with E-state index in [2.05, 4.69) is 49.4 Å². The third-order valence-electron chi connectivity index (χ3n) is 13.4. The Bertz CT molecular complexity index is 2970. The quantitative estimate of drug-likeness (QED) is 0.143. The average molecular weight is 808 g/mol. The molecule has 0 saturated carbocycles. The summed E-state index contributed by atoms with van der Waals surface area (Å²) in [4.78, 5) is 82.0. The van der Waals surface area contributed by atoms with Crippen molar-refractivity contribution in [1.82, 2.24) is 29.6 Å². The molecule has 6 amide bonds. The number of carbonyl (C=O) groups is 6. The summed E-state index contributed by atoms with van der Waals surface area (Å²) in [6, 6.07) is 19.7. The van der Waals surface area contributed by atoms with Crippen LogP contribution in [0.5, 0.6) is 0 Å². The van der Waals surface area contributed by atoms with Gasteiger partial charge in [-0.25, -0.2) is 0 Å². The van der Waals surface area contributed by atoms with Gasteiger partial charge in [0.05, 0.1) is 44.8 Å². The van der Waals surface area contributed by atoms with E-state index in [9.17, 15) is 28.8 Å². The van der Waals surface area contributed by atoms with Crippen molar-refractivity contribution >= 4 is 84.7 Å². The van der Waals surface area contributed by atoms with E-state index in [1.165, 1.54) is 0 Å². The number of amides is 6. The minimum absolute atomic E-state index is 0.0337. The second kappa shape index (κ2) is 13.0. The molecule has 304 valence electrons. The van der Waals surface area contributed by atoms with E-state index in [0.717, 1.165) is 54.1 Å². The number of para-hydroxylation sites is 2. The molecule has 5 aliphatic rings. The molecule has 1 unspecified atom stereocenters. The fourth-order valence-corrected chi connectivity index (χ4v) is 10.9. The molecule has 2 fully saturated rings. The maximum atomic E-state index is 14.3. The molecule has 0 spiro atoms. The third kappa shape index (κ3) is 4.78. The first kappa shape index (κ1) is 36.5. The highest BCUT2D eigenvalue weighted by Crippen LogP contribution is 2.54. The van der Waals surface area contributed by atoms with Crippen molar-refractivity contribution in [2.45, 2.75) is 75.7 Å². The zero-order valence-electron chi connectivity index (χ0n) is 33.2. The number of nitrogens with zero attached hydrogens (tertiary/aromatic N) is 4. The summed E-state index contributed by atoms with van der Waals surface area (Å²) in [5.74, 6) is -2.47. The first-order chi connectivity index (χ1) is 29.0. The van der Waals surface area contributed by atoms with Crippen molar-refractivity contribution in [2.24, 2.45) is 0 Å². The summed E-state index contributed by atoms with van der Waals surface area (Å²) in [7, 11) is 3.47. The molecule has 6 aromatic rings. The number of ether oxygens (including phenoxy) is 2. The Morgan fingerprint density at radius 2 is 1.68 bits per heavy atom. The minimum atomic E-state index is -1.09. The van der Waals surface area contributed by atoms with Gasteiger partial charge in [0.25, 0.3) is 17.7 Å². The number of benzene rings is 4. The zero-order valence-corrected chi connectivity index (χ0v) is 33.2. The molecule has 2 saturated heterocycles. The molecule has 15 heteroatoms. The molecule has 7 heterocycles. The Hall–Kier alpha value is -6.58. The van der Waals surface area contributed by atoms with Gasteiger partial charge in [-0.15, -0.1) is 0 Å². The number of anilines is 1. The monoisotopic (exact) mass is 807 g/mol. The molecule has 2 aromatic heterocycles. The van der Waals surface area contributed by atoms with Gasteiger partial charge in [-0.05, 0) is 49.6 Å². The number of nitrogens with one attached hydrogen (secondary N) is 3. The molecule has 4 aromatic carbocycles. The Morgan fingerprint density at radius 1 is 0.933 bits per heavy atom. The second-order valence-electron chi connectivity index (χ2n) is 16.5. The van der Waals surface area contributed by atoms with Crippen LogP contribution in [0.25, 0.3) is 43.6 Å². The molecule has 11 rings (SSSR count). The molecule has 0 aliphatic carbocycles. The smallest absolute Gasteiger partial charge is 0.264 e. The van der Waals surface area contributed by atoms with E-state index >= 15 is 0 Å². The van der Waals surface area contributed by atoms with Gasteiger partial charge in [-0.3, -0.25) is 39.0 Å². The standard InChI is InChI=1S/C45H41N7O8/c1-45-40(59-3)30(49(2)32(54)16-9-19-46-26-13-8-12-24-35(26)44(58)51(43(24)57)29-17-18-31(53)48-41(29)55)20-33(60-45)50-27-14-6-4-10-22(27)36-37-25(21-47-42(37)56)34-23-11-5-7-15-28(23)52(45)39(34)38(36)50/h4-8,10-15,29-30,33,40,46H,9,16-21H2,1-3H3,(H,47,56)(H,48,53,55)/t29?,30-,33-,40-,45+/m1/s1. The fraction of sp³-hybridized carbons (Fsp3) is 0.333. The lowest BCUT2D eigenvalue weighted by atomic mass is 9.91. The highest BCUT2D eigenvalue weighted by atomic mass is 16.6. The number of hydrogen-bond donors (Lipinski definition) is 3. The van der Waals surface area contributed by atoms with E-state index in [4.69, 9.17) is 9.47 Å². The van der Waals surface area contributed by atoms with Crippen LogP contribution >= 0.6 is 0 Å². The van der Waals surface area contributed by atoms with Gasteiger partial charge in [0, 0.05) is 73.7 Å². The van der Waals surface area contributed by atoms with Gasteiger partial charge in [-0.2, -0.15) is 0 Å². The van der Waals surface area contributed by atoms with Gasteiger partial charge in [0.1, 0.15) is 18.4 Å². The molecule has 60 heavy (non-hydrogen) atoms. The Morgan fingerprint density at radius 3 is 2.45 bits per heavy atom. The van der Waals surface area contributed by atoms with Gasteiger partial charge in [-0.1, -0.05) is 42.5 Å². The van der Waals surface area contributed by atoms with Crippen LogP contribution in [0.2, 0.25) is 0 Å². The van der Waals surface area contributed by atoms with Gasteiger partial charge >= 0.3 is 0 Å². The topological polar surface area (TPSA) is 173 Å². The maximum absolute atomic E-state index is 14.3. The zero-order chi connectivity index (χ0) is 41.4. The predicted octanol–water partition coefficient (Wildman–Crippen LogP) is 4.89. The summed E-state index contributed by atoms with van der Waals surface area (Å²) in [6.07, 6.45) is 0.00316. The summed E-state index contributed by atoms with van der Waals surface area (Å²) >= 11 is 0. The van der Waals surface area contributed by atoms with Gasteiger partial charge in [0.15, 0.2) is 5.72 Å². The molecule has 0 radical (unpaired) electrons. The van der Waals surface area contributed by atoms with E-state index in [-0.39, 0.29) is 42.2 Å². The SMILES string of the molecule is CO[C@@H]1[C@H](N(C)C(=O)CCCNc2cccc3c2C(=O)N(C2CCC(=O)NC2=O)C3=O)C[C@H]2O[C@]1(C)n1c3ccccc3c3c4c(c5c6ccccc6n2c5c31)C(=O)NC4. The third-order valence-corrected chi connectivity index (χ3v) is 13.4. The molecule has 15 nitrogen and oxygen atoms in total. The van der Waals surface area contributed by atoms with Crippen LogP contribution in [-0.2, 0) is 36.1 Å². The number of fused-ring (bicyclic) bond motifs is 14. The van der Waals surface area contributed by atoms with E-state index in [1.807, 2.05) is 38.2 Å². The number of aromatic nitrogens is 2. The molecular weight excluding hydrogens is 767 g/mol. The average Bonchev–Trinajstić information content (AvgIpc) is 3.96. The van der Waals surface area contributed by atoms with E-state index in [0.29, 0.717) is 37.2 Å². The van der Waals surface area contributed by atoms with Crippen LogP contribution in [0.1, 0.15) is 81.9 Å². The van der Waals surface area contributed by atoms with Crippen LogP contribution < -0.4 is 16.0 Å². The Kier molecular flexibility index (Phi) is 7.88. The number of hydrogen-bond acceptors (Lipinski definition) is 9. The molecule has 3 N–H and O–H groups in total. The van der Waals surface area contributed by atoms with Crippen molar-refractivity contribution in [2.75, 3.05) is 26.0 Å². The Labute approximate surface area is 342 Å². The summed E-state index contributed by atoms with van der Waals surface area (Å²) in [6.45, 7) is 2.78. The van der Waals surface area contributed by atoms with Crippen LogP contribution in [-0.4, -0.2) is 93.3 Å². The van der Waals surface area contributed by atoms with Crippen molar-refractivity contribution in [1.29, 1.82) is 0 Å².